The molecule has 0 atom stereocenters. The van der Waals surface area contributed by atoms with Gasteiger partial charge in [0.05, 0.1) is 0 Å². The third-order valence-corrected chi connectivity index (χ3v) is 3.12. The molecule has 1 heterocycles. The van der Waals surface area contributed by atoms with E-state index in [4.69, 9.17) is 0 Å². The van der Waals surface area contributed by atoms with E-state index in [0.29, 0.717) is 12.6 Å². The monoisotopic (exact) mass is 236 g/mol. The molecule has 1 aliphatic rings. The molecule has 2 amide bonds. The Bertz CT molecular complexity index is 330. The van der Waals surface area contributed by atoms with Gasteiger partial charge in [-0.25, -0.2) is 9.78 Å². The Kier molecular flexibility index (Phi) is 4.41. The smallest absolute Gasteiger partial charge is 0.315 e. The highest BCUT2D eigenvalue weighted by Crippen LogP contribution is 2.17. The summed E-state index contributed by atoms with van der Waals surface area (Å²) in [4.78, 5) is 18.7. The fraction of sp³-hybridized carbons (Fsp3) is 0.667. The Morgan fingerprint density at radius 3 is 3.00 bits per heavy atom. The maximum atomic E-state index is 11.5. The molecule has 17 heavy (non-hydrogen) atoms. The molecule has 94 valence electrons. The normalized spacial score (nSPS) is 16.0. The van der Waals surface area contributed by atoms with Gasteiger partial charge in [0.2, 0.25) is 0 Å². The van der Waals surface area contributed by atoms with Gasteiger partial charge < -0.3 is 15.6 Å². The number of hydrogen-bond acceptors (Lipinski definition) is 2. The molecule has 1 fully saturated rings. The molecule has 1 saturated carbocycles. The van der Waals surface area contributed by atoms with Gasteiger partial charge in [-0.2, -0.15) is 0 Å². The van der Waals surface area contributed by atoms with E-state index < -0.39 is 0 Å². The van der Waals surface area contributed by atoms with Gasteiger partial charge in [-0.05, 0) is 19.3 Å². The second kappa shape index (κ2) is 6.27. The van der Waals surface area contributed by atoms with Gasteiger partial charge in [0.1, 0.15) is 5.82 Å². The largest absolute Gasteiger partial charge is 0.349 e. The predicted molar refractivity (Wildman–Crippen MR) is 65.7 cm³/mol. The number of hydrogen-bond donors (Lipinski definition) is 3. The summed E-state index contributed by atoms with van der Waals surface area (Å²) in [5.74, 6) is 0.975. The highest BCUT2D eigenvalue weighted by molar-refractivity contribution is 5.74. The van der Waals surface area contributed by atoms with Gasteiger partial charge in [-0.3, -0.25) is 0 Å². The Labute approximate surface area is 101 Å². The number of carbonyl (C=O) groups excluding carboxylic acids is 1. The number of aryl methyl sites for hydroxylation is 1. The van der Waals surface area contributed by atoms with E-state index in [9.17, 15) is 4.79 Å². The van der Waals surface area contributed by atoms with E-state index in [2.05, 4.69) is 20.6 Å². The summed E-state index contributed by atoms with van der Waals surface area (Å²) in [5.41, 5.74) is 0. The van der Waals surface area contributed by atoms with Crippen molar-refractivity contribution in [1.82, 2.24) is 20.6 Å². The van der Waals surface area contributed by atoms with Crippen molar-refractivity contribution in [2.45, 2.75) is 44.6 Å². The lowest BCUT2D eigenvalue weighted by Crippen LogP contribution is -2.41. The van der Waals surface area contributed by atoms with Crippen LogP contribution in [0.25, 0.3) is 0 Å². The molecule has 2 rings (SSSR count). The zero-order chi connectivity index (χ0) is 11.9. The maximum absolute atomic E-state index is 11.5. The van der Waals surface area contributed by atoms with E-state index in [1.54, 1.807) is 6.20 Å². The van der Waals surface area contributed by atoms with Crippen LogP contribution in [0.3, 0.4) is 0 Å². The van der Waals surface area contributed by atoms with Crippen molar-refractivity contribution in [1.29, 1.82) is 0 Å². The summed E-state index contributed by atoms with van der Waals surface area (Å²) in [6.07, 6.45) is 10.1. The number of nitrogens with zero attached hydrogens (tertiary/aromatic N) is 1. The highest BCUT2D eigenvalue weighted by atomic mass is 16.2. The quantitative estimate of drug-likeness (QED) is 0.679. The first-order valence-electron chi connectivity index (χ1n) is 6.37. The topological polar surface area (TPSA) is 69.8 Å². The van der Waals surface area contributed by atoms with Crippen molar-refractivity contribution < 1.29 is 4.79 Å². The van der Waals surface area contributed by atoms with Crippen LogP contribution in [0.1, 0.15) is 37.9 Å². The molecule has 5 heteroatoms. The highest BCUT2D eigenvalue weighted by Gasteiger charge is 2.16. The van der Waals surface area contributed by atoms with Crippen LogP contribution in [-0.2, 0) is 6.42 Å². The van der Waals surface area contributed by atoms with Crippen LogP contribution in [0.15, 0.2) is 12.4 Å². The molecule has 1 aromatic rings. The van der Waals surface area contributed by atoms with Crippen LogP contribution in [-0.4, -0.2) is 28.6 Å². The summed E-state index contributed by atoms with van der Waals surface area (Å²) in [5, 5.41) is 5.88. The molecule has 0 saturated heterocycles. The van der Waals surface area contributed by atoms with Crippen LogP contribution in [0.4, 0.5) is 4.79 Å². The first-order valence-corrected chi connectivity index (χ1v) is 6.37. The average Bonchev–Trinajstić information content (AvgIpc) is 2.96. The van der Waals surface area contributed by atoms with Crippen LogP contribution < -0.4 is 10.6 Å². The first-order chi connectivity index (χ1) is 8.34. The minimum atomic E-state index is -0.0312. The molecule has 0 unspecified atom stereocenters. The zero-order valence-electron chi connectivity index (χ0n) is 10.0. The zero-order valence-corrected chi connectivity index (χ0v) is 10.0. The molecule has 0 bridgehead atoms. The minimum absolute atomic E-state index is 0.0312. The van der Waals surface area contributed by atoms with Gasteiger partial charge >= 0.3 is 6.03 Å². The average molecular weight is 236 g/mol. The van der Waals surface area contributed by atoms with Gasteiger partial charge in [0.25, 0.3) is 0 Å². The van der Waals surface area contributed by atoms with Crippen molar-refractivity contribution in [3.05, 3.63) is 18.2 Å². The second-order valence-corrected chi connectivity index (χ2v) is 4.52. The second-order valence-electron chi connectivity index (χ2n) is 4.52. The fourth-order valence-corrected chi connectivity index (χ4v) is 2.20. The third kappa shape index (κ3) is 4.09. The van der Waals surface area contributed by atoms with E-state index >= 15 is 0 Å². The summed E-state index contributed by atoms with van der Waals surface area (Å²) < 4.78 is 0. The molecule has 0 aliphatic heterocycles. The lowest BCUT2D eigenvalue weighted by Gasteiger charge is -2.12. The fourth-order valence-electron chi connectivity index (χ4n) is 2.20. The number of H-pyrrole nitrogens is 1. The molecule has 1 aromatic heterocycles. The summed E-state index contributed by atoms with van der Waals surface area (Å²) in [6.45, 7) is 0.694. The van der Waals surface area contributed by atoms with Crippen molar-refractivity contribution in [3.63, 3.8) is 0 Å². The Morgan fingerprint density at radius 1 is 1.47 bits per heavy atom. The van der Waals surface area contributed by atoms with E-state index in [1.165, 1.54) is 12.8 Å². The van der Waals surface area contributed by atoms with Crippen LogP contribution >= 0.6 is 0 Å². The number of imidazole rings is 1. The van der Waals surface area contributed by atoms with Gasteiger partial charge in [0.15, 0.2) is 0 Å². The maximum Gasteiger partial charge on any atom is 0.315 e. The number of aromatic amines is 1. The number of rotatable bonds is 5. The SMILES string of the molecule is O=C(NCCCc1ncc[nH]1)NC1CCCC1. The molecule has 3 N–H and O–H groups in total. The van der Waals surface area contributed by atoms with Crippen molar-refractivity contribution in [2.75, 3.05) is 6.54 Å². The summed E-state index contributed by atoms with van der Waals surface area (Å²) in [6, 6.07) is 0.358. The van der Waals surface area contributed by atoms with Crippen molar-refractivity contribution >= 4 is 6.03 Å². The lowest BCUT2D eigenvalue weighted by atomic mass is 10.2. The van der Waals surface area contributed by atoms with Crippen molar-refractivity contribution in [2.24, 2.45) is 0 Å². The van der Waals surface area contributed by atoms with Crippen LogP contribution in [0, 0.1) is 0 Å². The number of aromatic nitrogens is 2. The van der Waals surface area contributed by atoms with Gasteiger partial charge in [-0.1, -0.05) is 12.8 Å². The van der Waals surface area contributed by atoms with E-state index in [0.717, 1.165) is 31.5 Å². The summed E-state index contributed by atoms with van der Waals surface area (Å²) in [7, 11) is 0. The molecule has 0 radical (unpaired) electrons. The Hall–Kier alpha value is -1.52. The minimum Gasteiger partial charge on any atom is -0.349 e. The first kappa shape index (κ1) is 12.0. The number of amides is 2. The van der Waals surface area contributed by atoms with Crippen LogP contribution in [0.5, 0.6) is 0 Å². The van der Waals surface area contributed by atoms with Gasteiger partial charge in [-0.15, -0.1) is 0 Å². The molecular weight excluding hydrogens is 216 g/mol. The molecule has 1 aliphatic carbocycles. The molecule has 0 aromatic carbocycles. The molecular formula is C12H20N4O. The standard InChI is InChI=1S/C12H20N4O/c17-12(16-10-4-1-2-5-10)15-7-3-6-11-13-8-9-14-11/h8-10H,1-7H2,(H,13,14)(H2,15,16,17). The number of nitrogens with one attached hydrogen (secondary N) is 3. The Morgan fingerprint density at radius 2 is 2.29 bits per heavy atom. The third-order valence-electron chi connectivity index (χ3n) is 3.12. The number of urea groups is 1. The van der Waals surface area contributed by atoms with E-state index in [-0.39, 0.29) is 6.03 Å². The molecule has 0 spiro atoms. The predicted octanol–water partition coefficient (Wildman–Crippen LogP) is 1.58. The summed E-state index contributed by atoms with van der Waals surface area (Å²) >= 11 is 0. The van der Waals surface area contributed by atoms with E-state index in [1.807, 2.05) is 6.20 Å². The lowest BCUT2D eigenvalue weighted by molar-refractivity contribution is 0.237. The van der Waals surface area contributed by atoms with Gasteiger partial charge in [0, 0.05) is 31.4 Å². The molecule has 5 nitrogen and oxygen atoms in total. The Balaban J connectivity index is 1.53. The van der Waals surface area contributed by atoms with Crippen molar-refractivity contribution in [3.8, 4) is 0 Å². The number of carbonyl (C=O) groups is 1. The van der Waals surface area contributed by atoms with Crippen LogP contribution in [0.2, 0.25) is 0 Å².